The lowest BCUT2D eigenvalue weighted by molar-refractivity contribution is -0.144. The minimum Gasteiger partial charge on any atom is -0.464 e. The average Bonchev–Trinajstić information content (AvgIpc) is 3.32. The second kappa shape index (κ2) is 14.0. The number of halogens is 1. The predicted molar refractivity (Wildman–Crippen MR) is 156 cm³/mol. The number of hydrogen-bond donors (Lipinski definition) is 0. The molecule has 38 heavy (non-hydrogen) atoms. The highest BCUT2D eigenvalue weighted by atomic mass is 35.5. The number of thioether (sulfide) groups is 1. The molecule has 5 nitrogen and oxygen atoms in total. The molecule has 196 valence electrons. The fourth-order valence-electron chi connectivity index (χ4n) is 4.11. The first-order valence-electron chi connectivity index (χ1n) is 12.9. The van der Waals surface area contributed by atoms with E-state index in [0.717, 1.165) is 45.4 Å². The quantitative estimate of drug-likeness (QED) is 0.108. The van der Waals surface area contributed by atoms with Gasteiger partial charge in [0.05, 0.1) is 18.9 Å². The Hall–Kier alpha value is -3.35. The maximum atomic E-state index is 13.3. The number of imidazole rings is 1. The molecule has 0 aliphatic carbocycles. The van der Waals surface area contributed by atoms with Crippen LogP contribution in [0.15, 0.2) is 101 Å². The van der Waals surface area contributed by atoms with Crippen LogP contribution in [0.2, 0.25) is 5.02 Å². The molecule has 7 heteroatoms. The summed E-state index contributed by atoms with van der Waals surface area (Å²) >= 11 is 8.22. The van der Waals surface area contributed by atoms with Crippen LogP contribution < -0.4 is 0 Å². The second-order valence-corrected chi connectivity index (χ2v) is 10.2. The number of hydrogen-bond acceptors (Lipinski definition) is 5. The normalized spacial score (nSPS) is 11.7. The Labute approximate surface area is 233 Å². The second-order valence-electron chi connectivity index (χ2n) is 8.74. The van der Waals surface area contributed by atoms with Crippen LogP contribution in [0.25, 0.3) is 0 Å². The number of carbonyl (C=O) groups excluding carboxylic acids is 1. The molecule has 4 aromatic rings. The van der Waals surface area contributed by atoms with E-state index < -0.39 is 6.04 Å². The highest BCUT2D eigenvalue weighted by Crippen LogP contribution is 2.25. The number of esters is 1. The average molecular weight is 546 g/mol. The zero-order valence-corrected chi connectivity index (χ0v) is 23.3. The number of aromatic nitrogens is 2. The van der Waals surface area contributed by atoms with E-state index in [4.69, 9.17) is 26.3 Å². The fourth-order valence-corrected chi connectivity index (χ4v) is 5.16. The molecular weight excluding hydrogens is 514 g/mol. The zero-order chi connectivity index (χ0) is 26.7. The number of benzene rings is 3. The topological polar surface area (TPSA) is 56.5 Å². The van der Waals surface area contributed by atoms with Crippen LogP contribution in [-0.2, 0) is 22.5 Å². The van der Waals surface area contributed by atoms with Crippen molar-refractivity contribution in [1.82, 2.24) is 9.55 Å². The Kier molecular flexibility index (Phi) is 10.2. The molecule has 0 saturated carbocycles. The summed E-state index contributed by atoms with van der Waals surface area (Å²) in [6.45, 7) is 4.81. The van der Waals surface area contributed by atoms with Crippen molar-refractivity contribution in [3.8, 4) is 0 Å². The predicted octanol–water partition coefficient (Wildman–Crippen LogP) is 7.10. The molecule has 0 amide bonds. The zero-order valence-electron chi connectivity index (χ0n) is 21.7. The van der Waals surface area contributed by atoms with E-state index in [9.17, 15) is 4.79 Å². The van der Waals surface area contributed by atoms with Crippen LogP contribution in [0.5, 0.6) is 0 Å². The molecule has 0 aliphatic heterocycles. The third-order valence-electron chi connectivity index (χ3n) is 5.96. The van der Waals surface area contributed by atoms with Crippen LogP contribution in [0.3, 0.4) is 0 Å². The highest BCUT2D eigenvalue weighted by Gasteiger charge is 2.24. The summed E-state index contributed by atoms with van der Waals surface area (Å²) in [7, 11) is 0. The Morgan fingerprint density at radius 1 is 0.974 bits per heavy atom. The monoisotopic (exact) mass is 545 g/mol. The molecule has 0 aliphatic rings. The van der Waals surface area contributed by atoms with E-state index in [1.54, 1.807) is 11.8 Å². The number of rotatable bonds is 12. The van der Waals surface area contributed by atoms with Crippen LogP contribution in [0, 0.1) is 0 Å². The molecule has 0 fully saturated rings. The van der Waals surface area contributed by atoms with Gasteiger partial charge in [-0.05, 0) is 25.0 Å². The fraction of sp³-hybridized carbons (Fsp3) is 0.258. The summed E-state index contributed by atoms with van der Waals surface area (Å²) in [5.41, 5.74) is 4.54. The first-order valence-corrected chi connectivity index (χ1v) is 14.2. The van der Waals surface area contributed by atoms with Gasteiger partial charge in [0.1, 0.15) is 0 Å². The molecule has 4 rings (SSSR count). The summed E-state index contributed by atoms with van der Waals surface area (Å²) in [6.07, 6.45) is 3.24. The van der Waals surface area contributed by atoms with Gasteiger partial charge >= 0.3 is 5.97 Å². The molecule has 0 N–H and O–H groups in total. The van der Waals surface area contributed by atoms with E-state index in [0.29, 0.717) is 18.0 Å². The van der Waals surface area contributed by atoms with Crippen molar-refractivity contribution in [2.45, 2.75) is 44.4 Å². The lowest BCUT2D eigenvalue weighted by atomic mass is 10.0. The first-order chi connectivity index (χ1) is 18.6. The highest BCUT2D eigenvalue weighted by molar-refractivity contribution is 7.99. The van der Waals surface area contributed by atoms with Gasteiger partial charge in [-0.25, -0.2) is 9.78 Å². The third kappa shape index (κ3) is 7.15. The van der Waals surface area contributed by atoms with Crippen LogP contribution in [-0.4, -0.2) is 39.6 Å². The maximum Gasteiger partial charge on any atom is 0.331 e. The minimum atomic E-state index is -0.740. The van der Waals surface area contributed by atoms with Crippen molar-refractivity contribution in [3.63, 3.8) is 0 Å². The van der Waals surface area contributed by atoms with Crippen LogP contribution in [0.1, 0.15) is 42.7 Å². The SMILES string of the molecule is CCCSc1ncc(CC(N=C(c2ccccc2)c2ccccc2)C(=O)OCC)n1Cc1ccccc1Cl. The van der Waals surface area contributed by atoms with E-state index >= 15 is 0 Å². The van der Waals surface area contributed by atoms with E-state index in [2.05, 4.69) is 11.5 Å². The van der Waals surface area contributed by atoms with Gasteiger partial charge in [0, 0.05) is 40.2 Å². The number of carbonyl (C=O) groups is 1. The summed E-state index contributed by atoms with van der Waals surface area (Å²) in [5.74, 6) is 0.593. The Morgan fingerprint density at radius 2 is 1.61 bits per heavy atom. The third-order valence-corrected chi connectivity index (χ3v) is 7.53. The molecule has 1 heterocycles. The summed E-state index contributed by atoms with van der Waals surface area (Å²) < 4.78 is 7.64. The molecular formula is C31H32ClN3O2S. The van der Waals surface area contributed by atoms with Gasteiger partial charge in [0.15, 0.2) is 11.2 Å². The standard InChI is InChI=1S/C31H32ClN3O2S/c1-3-19-38-31-33-21-26(35(31)22-25-17-11-12-18-27(25)32)20-28(30(36)37-4-2)34-29(23-13-7-5-8-14-23)24-15-9-6-10-16-24/h5-18,21,28H,3-4,19-20,22H2,1-2H3. The maximum absolute atomic E-state index is 13.3. The van der Waals surface area contributed by atoms with Crippen molar-refractivity contribution >= 4 is 35.0 Å². The van der Waals surface area contributed by atoms with E-state index in [-0.39, 0.29) is 12.6 Å². The minimum absolute atomic E-state index is 0.285. The summed E-state index contributed by atoms with van der Waals surface area (Å²) in [5, 5.41) is 1.61. The summed E-state index contributed by atoms with van der Waals surface area (Å²) in [4.78, 5) is 23.0. The largest absolute Gasteiger partial charge is 0.464 e. The molecule has 0 radical (unpaired) electrons. The van der Waals surface area contributed by atoms with Gasteiger partial charge < -0.3 is 9.30 Å². The van der Waals surface area contributed by atoms with Gasteiger partial charge in [0.25, 0.3) is 0 Å². The van der Waals surface area contributed by atoms with Gasteiger partial charge in [-0.2, -0.15) is 0 Å². The molecule has 1 atom stereocenters. The number of aliphatic imine (C=N–C) groups is 1. The lowest BCUT2D eigenvalue weighted by Crippen LogP contribution is -2.27. The molecule has 1 aromatic heterocycles. The van der Waals surface area contributed by atoms with Gasteiger partial charge in [-0.1, -0.05) is 109 Å². The van der Waals surface area contributed by atoms with Crippen molar-refractivity contribution in [1.29, 1.82) is 0 Å². The van der Waals surface area contributed by atoms with Crippen LogP contribution in [0.4, 0.5) is 0 Å². The van der Waals surface area contributed by atoms with Crippen molar-refractivity contribution in [2.24, 2.45) is 4.99 Å². The molecule has 0 bridgehead atoms. The smallest absolute Gasteiger partial charge is 0.331 e. The van der Waals surface area contributed by atoms with Crippen molar-refractivity contribution in [3.05, 3.63) is 119 Å². The Balaban J connectivity index is 1.76. The molecule has 0 saturated heterocycles. The molecule has 3 aromatic carbocycles. The lowest BCUT2D eigenvalue weighted by Gasteiger charge is -2.17. The van der Waals surface area contributed by atoms with Crippen LogP contribution >= 0.6 is 23.4 Å². The Morgan fingerprint density at radius 3 is 2.21 bits per heavy atom. The number of ether oxygens (including phenoxy) is 1. The summed E-state index contributed by atoms with van der Waals surface area (Å²) in [6, 6.07) is 27.0. The van der Waals surface area contributed by atoms with E-state index in [1.807, 2.05) is 98.0 Å². The van der Waals surface area contributed by atoms with Gasteiger partial charge in [0.2, 0.25) is 0 Å². The van der Waals surface area contributed by atoms with Gasteiger partial charge in [-0.15, -0.1) is 0 Å². The van der Waals surface area contributed by atoms with Crippen molar-refractivity contribution < 1.29 is 9.53 Å². The van der Waals surface area contributed by atoms with Gasteiger partial charge in [-0.3, -0.25) is 4.99 Å². The Bertz CT molecular complexity index is 1310. The van der Waals surface area contributed by atoms with E-state index in [1.165, 1.54) is 0 Å². The molecule has 0 spiro atoms. The number of nitrogens with zero attached hydrogens (tertiary/aromatic N) is 3. The first kappa shape index (κ1) is 27.7. The van der Waals surface area contributed by atoms with Crippen molar-refractivity contribution in [2.75, 3.05) is 12.4 Å². The molecule has 1 unspecified atom stereocenters.